The summed E-state index contributed by atoms with van der Waals surface area (Å²) in [7, 11) is 2.01. The van der Waals surface area contributed by atoms with Crippen molar-refractivity contribution in [3.63, 3.8) is 0 Å². The first-order valence-corrected chi connectivity index (χ1v) is 9.24. The molecule has 2 aromatic heterocycles. The molecule has 0 saturated carbocycles. The van der Waals surface area contributed by atoms with Gasteiger partial charge in [-0.15, -0.1) is 0 Å². The predicted octanol–water partition coefficient (Wildman–Crippen LogP) is 1.97. The summed E-state index contributed by atoms with van der Waals surface area (Å²) in [6.07, 6.45) is 1.62. The SMILES string of the molecule is CN1CCN(C(=O)c2cc3cccnc3n(Cc3ccc(F)cc3)c2=O)CC1. The number of benzene rings is 1. The molecule has 7 heteroatoms. The molecular formula is C21H21FN4O2. The Kier molecular flexibility index (Phi) is 4.92. The van der Waals surface area contributed by atoms with E-state index < -0.39 is 0 Å². The van der Waals surface area contributed by atoms with Gasteiger partial charge in [0, 0.05) is 37.8 Å². The first-order chi connectivity index (χ1) is 13.5. The Morgan fingerprint density at radius 3 is 2.54 bits per heavy atom. The van der Waals surface area contributed by atoms with E-state index in [-0.39, 0.29) is 29.4 Å². The number of halogens is 1. The first-order valence-electron chi connectivity index (χ1n) is 9.24. The van der Waals surface area contributed by atoms with Gasteiger partial charge < -0.3 is 9.80 Å². The maximum Gasteiger partial charge on any atom is 0.265 e. The van der Waals surface area contributed by atoms with E-state index >= 15 is 0 Å². The maximum atomic E-state index is 13.2. The van der Waals surface area contributed by atoms with Crippen molar-refractivity contribution in [3.05, 3.63) is 76.0 Å². The number of hydrogen-bond donors (Lipinski definition) is 0. The van der Waals surface area contributed by atoms with E-state index in [1.54, 1.807) is 35.4 Å². The predicted molar refractivity (Wildman–Crippen MR) is 105 cm³/mol. The van der Waals surface area contributed by atoms with Gasteiger partial charge in [-0.1, -0.05) is 12.1 Å². The van der Waals surface area contributed by atoms with Gasteiger partial charge >= 0.3 is 0 Å². The van der Waals surface area contributed by atoms with Crippen LogP contribution in [-0.2, 0) is 6.54 Å². The van der Waals surface area contributed by atoms with Crippen LogP contribution in [0.4, 0.5) is 4.39 Å². The van der Waals surface area contributed by atoms with Gasteiger partial charge in [-0.3, -0.25) is 14.2 Å². The molecule has 1 amide bonds. The third-order valence-electron chi connectivity index (χ3n) is 5.12. The Balaban J connectivity index is 1.77. The first kappa shape index (κ1) is 18.3. The average Bonchev–Trinajstić information content (AvgIpc) is 2.71. The zero-order chi connectivity index (χ0) is 19.7. The number of piperazine rings is 1. The van der Waals surface area contributed by atoms with E-state index in [4.69, 9.17) is 0 Å². The highest BCUT2D eigenvalue weighted by Gasteiger charge is 2.24. The quantitative estimate of drug-likeness (QED) is 0.697. The van der Waals surface area contributed by atoms with Crippen molar-refractivity contribution in [1.29, 1.82) is 0 Å². The van der Waals surface area contributed by atoms with Crippen LogP contribution in [0, 0.1) is 5.82 Å². The van der Waals surface area contributed by atoms with Crippen molar-refractivity contribution in [3.8, 4) is 0 Å². The summed E-state index contributed by atoms with van der Waals surface area (Å²) in [5.41, 5.74) is 1.04. The van der Waals surface area contributed by atoms with Crippen molar-refractivity contribution in [1.82, 2.24) is 19.4 Å². The molecule has 0 bridgehead atoms. The lowest BCUT2D eigenvalue weighted by Crippen LogP contribution is -2.48. The maximum absolute atomic E-state index is 13.2. The minimum atomic E-state index is -0.376. The second-order valence-corrected chi connectivity index (χ2v) is 7.09. The number of likely N-dealkylation sites (N-methyl/N-ethyl adjacent to an activating group) is 1. The van der Waals surface area contributed by atoms with Gasteiger partial charge in [0.15, 0.2) is 0 Å². The van der Waals surface area contributed by atoms with Gasteiger partial charge in [0.25, 0.3) is 11.5 Å². The number of aromatic nitrogens is 2. The van der Waals surface area contributed by atoms with Gasteiger partial charge in [-0.25, -0.2) is 9.37 Å². The smallest absolute Gasteiger partial charge is 0.265 e. The zero-order valence-corrected chi connectivity index (χ0v) is 15.6. The average molecular weight is 380 g/mol. The Labute approximate surface area is 161 Å². The van der Waals surface area contributed by atoms with E-state index in [0.29, 0.717) is 18.7 Å². The second-order valence-electron chi connectivity index (χ2n) is 7.09. The Bertz CT molecular complexity index is 1070. The number of rotatable bonds is 3. The lowest BCUT2D eigenvalue weighted by Gasteiger charge is -2.32. The monoisotopic (exact) mass is 380 g/mol. The fourth-order valence-corrected chi connectivity index (χ4v) is 3.46. The Morgan fingerprint density at radius 1 is 1.11 bits per heavy atom. The van der Waals surface area contributed by atoms with Gasteiger partial charge in [-0.2, -0.15) is 0 Å². The summed E-state index contributed by atoms with van der Waals surface area (Å²) in [4.78, 5) is 34.5. The number of fused-ring (bicyclic) bond motifs is 1. The van der Waals surface area contributed by atoms with Gasteiger partial charge in [0.2, 0.25) is 0 Å². The molecule has 0 spiro atoms. The van der Waals surface area contributed by atoms with Crippen LogP contribution in [0.15, 0.2) is 53.5 Å². The fraction of sp³-hybridized carbons (Fsp3) is 0.286. The normalized spacial score (nSPS) is 15.1. The highest BCUT2D eigenvalue weighted by Crippen LogP contribution is 2.15. The lowest BCUT2D eigenvalue weighted by atomic mass is 10.1. The van der Waals surface area contributed by atoms with Gasteiger partial charge in [-0.05, 0) is 42.9 Å². The number of pyridine rings is 2. The molecule has 1 aliphatic rings. The van der Waals surface area contributed by atoms with E-state index in [2.05, 4.69) is 9.88 Å². The van der Waals surface area contributed by atoms with Gasteiger partial charge in [0.05, 0.1) is 6.54 Å². The summed E-state index contributed by atoms with van der Waals surface area (Å²) >= 11 is 0. The van der Waals surface area contributed by atoms with Crippen LogP contribution < -0.4 is 5.56 Å². The molecule has 0 aliphatic carbocycles. The molecular weight excluding hydrogens is 359 g/mol. The van der Waals surface area contributed by atoms with Crippen molar-refractivity contribution in [2.45, 2.75) is 6.54 Å². The summed E-state index contributed by atoms with van der Waals surface area (Å²) < 4.78 is 14.7. The molecule has 1 fully saturated rings. The molecule has 1 aromatic carbocycles. The summed E-state index contributed by atoms with van der Waals surface area (Å²) in [6, 6.07) is 11.2. The van der Waals surface area contributed by atoms with E-state index in [0.717, 1.165) is 24.0 Å². The lowest BCUT2D eigenvalue weighted by molar-refractivity contribution is 0.0662. The van der Waals surface area contributed by atoms with Crippen molar-refractivity contribution in [2.24, 2.45) is 0 Å². The van der Waals surface area contributed by atoms with Crippen LogP contribution in [0.3, 0.4) is 0 Å². The molecule has 0 unspecified atom stereocenters. The molecule has 0 atom stereocenters. The topological polar surface area (TPSA) is 58.4 Å². The van der Waals surface area contributed by atoms with Crippen molar-refractivity contribution < 1.29 is 9.18 Å². The highest BCUT2D eigenvalue weighted by molar-refractivity contribution is 5.97. The van der Waals surface area contributed by atoms with Crippen LogP contribution >= 0.6 is 0 Å². The fourth-order valence-electron chi connectivity index (χ4n) is 3.46. The van der Waals surface area contributed by atoms with Crippen LogP contribution in [-0.4, -0.2) is 58.5 Å². The minimum Gasteiger partial charge on any atom is -0.336 e. The van der Waals surface area contributed by atoms with E-state index in [1.807, 2.05) is 13.1 Å². The van der Waals surface area contributed by atoms with E-state index in [9.17, 15) is 14.0 Å². The summed E-state index contributed by atoms with van der Waals surface area (Å²) in [5.74, 6) is -0.588. The van der Waals surface area contributed by atoms with Crippen molar-refractivity contribution >= 4 is 16.9 Å². The van der Waals surface area contributed by atoms with Crippen LogP contribution in [0.1, 0.15) is 15.9 Å². The van der Waals surface area contributed by atoms with Gasteiger partial charge in [0.1, 0.15) is 17.0 Å². The highest BCUT2D eigenvalue weighted by atomic mass is 19.1. The summed E-state index contributed by atoms with van der Waals surface area (Å²) in [5, 5.41) is 0.724. The molecule has 0 radical (unpaired) electrons. The van der Waals surface area contributed by atoms with E-state index in [1.165, 1.54) is 16.7 Å². The molecule has 1 saturated heterocycles. The molecule has 3 aromatic rings. The van der Waals surface area contributed by atoms with Crippen LogP contribution in [0.5, 0.6) is 0 Å². The van der Waals surface area contributed by atoms with Crippen LogP contribution in [0.2, 0.25) is 0 Å². The number of carbonyl (C=O) groups excluding carboxylic acids is 1. The Hall–Kier alpha value is -3.06. The number of hydrogen-bond acceptors (Lipinski definition) is 4. The summed E-state index contributed by atoms with van der Waals surface area (Å²) in [6.45, 7) is 2.97. The third-order valence-corrected chi connectivity index (χ3v) is 5.12. The zero-order valence-electron chi connectivity index (χ0n) is 15.6. The number of amides is 1. The molecule has 6 nitrogen and oxygen atoms in total. The van der Waals surface area contributed by atoms with Crippen molar-refractivity contribution in [2.75, 3.05) is 33.2 Å². The third kappa shape index (κ3) is 3.53. The second kappa shape index (κ2) is 7.52. The number of carbonyl (C=O) groups is 1. The number of nitrogens with zero attached hydrogens (tertiary/aromatic N) is 4. The van der Waals surface area contributed by atoms with Crippen LogP contribution in [0.25, 0.3) is 11.0 Å². The molecule has 0 N–H and O–H groups in total. The minimum absolute atomic E-state index is 0.146. The molecule has 1 aliphatic heterocycles. The largest absolute Gasteiger partial charge is 0.336 e. The molecule has 28 heavy (non-hydrogen) atoms. The molecule has 3 heterocycles. The molecule has 4 rings (SSSR count). The Morgan fingerprint density at radius 2 is 1.82 bits per heavy atom. The standard InChI is InChI=1S/C21H21FN4O2/c1-24-9-11-25(12-10-24)20(27)18-13-16-3-2-8-23-19(16)26(21(18)28)14-15-4-6-17(22)7-5-15/h2-8,13H,9-12,14H2,1H3. The molecule has 144 valence electrons.